The summed E-state index contributed by atoms with van der Waals surface area (Å²) in [5, 5.41) is 0. The molecular weight excluding hydrogens is 298 g/mol. The number of piperazine rings is 1. The van der Waals surface area contributed by atoms with Crippen molar-refractivity contribution in [3.8, 4) is 0 Å². The van der Waals surface area contributed by atoms with E-state index in [9.17, 15) is 4.79 Å². The largest absolute Gasteiger partial charge is 0.341 e. The second kappa shape index (κ2) is 8.01. The van der Waals surface area contributed by atoms with Gasteiger partial charge in [0.25, 0.3) is 0 Å². The van der Waals surface area contributed by atoms with Gasteiger partial charge in [0, 0.05) is 45.8 Å². The second-order valence-corrected chi connectivity index (χ2v) is 8.15. The van der Waals surface area contributed by atoms with Crippen molar-refractivity contribution in [2.24, 2.45) is 11.8 Å². The fourth-order valence-electron chi connectivity index (χ4n) is 4.67. The predicted octanol–water partition coefficient (Wildman–Crippen LogP) is 2.61. The minimum atomic E-state index is 0.0560. The van der Waals surface area contributed by atoms with E-state index in [1.54, 1.807) is 5.57 Å². The summed E-state index contributed by atoms with van der Waals surface area (Å²) in [6.45, 7) is 14.2. The Bertz CT molecular complexity index is 462. The van der Waals surface area contributed by atoms with Crippen LogP contribution in [0.15, 0.2) is 11.6 Å². The zero-order chi connectivity index (χ0) is 17.1. The number of likely N-dealkylation sites (tertiary alicyclic amines) is 1. The second-order valence-electron chi connectivity index (χ2n) is 8.15. The van der Waals surface area contributed by atoms with Crippen LogP contribution in [0.5, 0.6) is 0 Å². The Morgan fingerprint density at radius 1 is 1.17 bits per heavy atom. The topological polar surface area (TPSA) is 26.8 Å². The highest BCUT2D eigenvalue weighted by molar-refractivity contribution is 5.81. The summed E-state index contributed by atoms with van der Waals surface area (Å²) in [7, 11) is 0. The molecule has 1 amide bonds. The molecular formula is C20H35N3O. The summed E-state index contributed by atoms with van der Waals surface area (Å²) in [6, 6.07) is 0.0560. The van der Waals surface area contributed by atoms with Crippen molar-refractivity contribution in [3.05, 3.63) is 11.6 Å². The summed E-state index contributed by atoms with van der Waals surface area (Å²) in [5.74, 6) is 1.89. The number of hydrogen-bond acceptors (Lipinski definition) is 3. The molecule has 4 nitrogen and oxygen atoms in total. The third-order valence-electron chi connectivity index (χ3n) is 6.54. The first-order valence-electron chi connectivity index (χ1n) is 9.98. The highest BCUT2D eigenvalue weighted by atomic mass is 16.2. The van der Waals surface area contributed by atoms with Gasteiger partial charge in [-0.15, -0.1) is 0 Å². The smallest absolute Gasteiger partial charge is 0.239 e. The summed E-state index contributed by atoms with van der Waals surface area (Å²) >= 11 is 0. The van der Waals surface area contributed by atoms with Gasteiger partial charge < -0.3 is 9.80 Å². The molecule has 2 fully saturated rings. The number of carbonyl (C=O) groups excluding carboxylic acids is 1. The van der Waals surface area contributed by atoms with E-state index in [0.717, 1.165) is 51.1 Å². The molecule has 3 rings (SSSR count). The summed E-state index contributed by atoms with van der Waals surface area (Å²) < 4.78 is 0. The standard InChI is InChI=1S/C20H35N3O/c1-16-7-6-8-17(2)19(16)15-21-11-13-22(14-12-21)18(3)20(24)23-9-4-5-10-23/h7,17-19H,4-6,8-15H2,1-3H3. The molecule has 2 aliphatic heterocycles. The van der Waals surface area contributed by atoms with Crippen LogP contribution in [-0.2, 0) is 4.79 Å². The van der Waals surface area contributed by atoms with Gasteiger partial charge in [0.05, 0.1) is 6.04 Å². The molecule has 3 atom stereocenters. The number of hydrogen-bond donors (Lipinski definition) is 0. The van der Waals surface area contributed by atoms with Crippen molar-refractivity contribution in [3.63, 3.8) is 0 Å². The third kappa shape index (κ3) is 4.02. The highest BCUT2D eigenvalue weighted by Crippen LogP contribution is 2.31. The van der Waals surface area contributed by atoms with Crippen LogP contribution in [0.1, 0.15) is 46.5 Å². The van der Waals surface area contributed by atoms with Crippen molar-refractivity contribution in [2.75, 3.05) is 45.8 Å². The number of allylic oxidation sites excluding steroid dienone is 1. The molecule has 24 heavy (non-hydrogen) atoms. The maximum Gasteiger partial charge on any atom is 0.239 e. The van der Waals surface area contributed by atoms with Crippen molar-refractivity contribution in [2.45, 2.75) is 52.5 Å². The van der Waals surface area contributed by atoms with Crippen LogP contribution in [0.25, 0.3) is 0 Å². The molecule has 2 heterocycles. The number of amides is 1. The van der Waals surface area contributed by atoms with E-state index < -0.39 is 0 Å². The normalized spacial score (nSPS) is 31.1. The Hall–Kier alpha value is -0.870. The number of nitrogens with zero attached hydrogens (tertiary/aromatic N) is 3. The van der Waals surface area contributed by atoms with Crippen LogP contribution in [0.4, 0.5) is 0 Å². The van der Waals surface area contributed by atoms with E-state index in [2.05, 4.69) is 41.5 Å². The Morgan fingerprint density at radius 2 is 1.83 bits per heavy atom. The number of rotatable bonds is 4. The predicted molar refractivity (Wildman–Crippen MR) is 98.9 cm³/mol. The van der Waals surface area contributed by atoms with Gasteiger partial charge in [-0.3, -0.25) is 9.69 Å². The molecule has 3 aliphatic rings. The maximum atomic E-state index is 12.6. The summed E-state index contributed by atoms with van der Waals surface area (Å²) in [5.41, 5.74) is 1.59. The van der Waals surface area contributed by atoms with E-state index in [-0.39, 0.29) is 6.04 Å². The first kappa shape index (κ1) is 17.9. The lowest BCUT2D eigenvalue weighted by Gasteiger charge is -2.41. The van der Waals surface area contributed by atoms with Crippen LogP contribution in [-0.4, -0.2) is 72.5 Å². The minimum Gasteiger partial charge on any atom is -0.341 e. The fraction of sp³-hybridized carbons (Fsp3) is 0.850. The third-order valence-corrected chi connectivity index (χ3v) is 6.54. The molecule has 1 aliphatic carbocycles. The summed E-state index contributed by atoms with van der Waals surface area (Å²) in [6.07, 6.45) is 7.39. The zero-order valence-electron chi connectivity index (χ0n) is 15.8. The fourth-order valence-corrected chi connectivity index (χ4v) is 4.67. The average molecular weight is 334 g/mol. The average Bonchev–Trinajstić information content (AvgIpc) is 3.12. The lowest BCUT2D eigenvalue weighted by Crippen LogP contribution is -2.55. The first-order valence-corrected chi connectivity index (χ1v) is 9.98. The Balaban J connectivity index is 1.47. The molecule has 2 saturated heterocycles. The molecule has 0 aromatic heterocycles. The lowest BCUT2D eigenvalue weighted by molar-refractivity contribution is -0.136. The Kier molecular flexibility index (Phi) is 5.98. The lowest BCUT2D eigenvalue weighted by atomic mass is 9.79. The van der Waals surface area contributed by atoms with E-state index in [1.807, 2.05) is 0 Å². The van der Waals surface area contributed by atoms with E-state index in [1.165, 1.54) is 32.2 Å². The molecule has 0 saturated carbocycles. The van der Waals surface area contributed by atoms with Gasteiger partial charge >= 0.3 is 0 Å². The molecule has 0 radical (unpaired) electrons. The summed E-state index contributed by atoms with van der Waals surface area (Å²) in [4.78, 5) is 19.7. The molecule has 0 bridgehead atoms. The van der Waals surface area contributed by atoms with Crippen molar-refractivity contribution in [1.29, 1.82) is 0 Å². The number of carbonyl (C=O) groups is 1. The SMILES string of the molecule is CC1=CCCC(C)C1CN1CCN(C(C)C(=O)N2CCCC2)CC1. The molecule has 3 unspecified atom stereocenters. The molecule has 4 heteroatoms. The van der Waals surface area contributed by atoms with Gasteiger partial charge in [-0.2, -0.15) is 0 Å². The Morgan fingerprint density at radius 3 is 2.46 bits per heavy atom. The zero-order valence-corrected chi connectivity index (χ0v) is 15.8. The minimum absolute atomic E-state index is 0.0560. The molecule has 0 N–H and O–H groups in total. The van der Waals surface area contributed by atoms with Crippen molar-refractivity contribution < 1.29 is 4.79 Å². The molecule has 0 spiro atoms. The van der Waals surface area contributed by atoms with Gasteiger partial charge in [0.2, 0.25) is 5.91 Å². The molecule has 0 aromatic rings. The van der Waals surface area contributed by atoms with Crippen LogP contribution in [0.2, 0.25) is 0 Å². The van der Waals surface area contributed by atoms with E-state index in [4.69, 9.17) is 0 Å². The maximum absolute atomic E-state index is 12.6. The Labute approximate surface area is 147 Å². The van der Waals surface area contributed by atoms with Crippen molar-refractivity contribution >= 4 is 5.91 Å². The first-order chi connectivity index (χ1) is 11.6. The highest BCUT2D eigenvalue weighted by Gasteiger charge is 2.31. The van der Waals surface area contributed by atoms with Crippen LogP contribution >= 0.6 is 0 Å². The van der Waals surface area contributed by atoms with E-state index >= 15 is 0 Å². The monoisotopic (exact) mass is 333 g/mol. The molecule has 0 aromatic carbocycles. The van der Waals surface area contributed by atoms with Crippen LogP contribution in [0, 0.1) is 11.8 Å². The quantitative estimate of drug-likeness (QED) is 0.740. The van der Waals surface area contributed by atoms with Gasteiger partial charge in [-0.1, -0.05) is 18.6 Å². The van der Waals surface area contributed by atoms with E-state index in [0.29, 0.717) is 5.91 Å². The van der Waals surface area contributed by atoms with Crippen molar-refractivity contribution in [1.82, 2.24) is 14.7 Å². The van der Waals surface area contributed by atoms with Gasteiger partial charge in [0.1, 0.15) is 0 Å². The van der Waals surface area contributed by atoms with Crippen LogP contribution < -0.4 is 0 Å². The molecule has 136 valence electrons. The van der Waals surface area contributed by atoms with Crippen LogP contribution in [0.3, 0.4) is 0 Å². The van der Waals surface area contributed by atoms with Gasteiger partial charge in [0.15, 0.2) is 0 Å². The van der Waals surface area contributed by atoms with Gasteiger partial charge in [-0.25, -0.2) is 0 Å². The van der Waals surface area contributed by atoms with Gasteiger partial charge in [-0.05, 0) is 51.4 Å².